The van der Waals surface area contributed by atoms with Crippen LogP contribution in [0.25, 0.3) is 11.1 Å². The molecule has 0 fully saturated rings. The molecule has 1 aromatic heterocycles. The number of carbonyl (C=O) groups excluding carboxylic acids is 1. The summed E-state index contributed by atoms with van der Waals surface area (Å²) in [5.41, 5.74) is 4.05. The zero-order valence-electron chi connectivity index (χ0n) is 15.0. The second kappa shape index (κ2) is 7.50. The summed E-state index contributed by atoms with van der Waals surface area (Å²) in [5.74, 6) is 1.04. The molecular weight excluding hydrogens is 340 g/mol. The van der Waals surface area contributed by atoms with E-state index in [-0.39, 0.29) is 12.5 Å². The summed E-state index contributed by atoms with van der Waals surface area (Å²) in [6, 6.07) is 17.3. The number of para-hydroxylation sites is 2. The number of hydrogen-bond acceptors (Lipinski definition) is 4. The van der Waals surface area contributed by atoms with Gasteiger partial charge in [-0.15, -0.1) is 0 Å². The number of pyridine rings is 1. The maximum Gasteiger partial charge on any atom is 0.269 e. The van der Waals surface area contributed by atoms with Gasteiger partial charge in [-0.25, -0.2) is 0 Å². The monoisotopic (exact) mass is 360 g/mol. The van der Waals surface area contributed by atoms with Gasteiger partial charge in [-0.1, -0.05) is 25.1 Å². The molecule has 1 N–H and O–H groups in total. The Morgan fingerprint density at radius 1 is 1.07 bits per heavy atom. The van der Waals surface area contributed by atoms with E-state index in [1.165, 1.54) is 0 Å². The predicted octanol–water partition coefficient (Wildman–Crippen LogP) is 4.09. The smallest absolute Gasteiger partial charge is 0.269 e. The van der Waals surface area contributed by atoms with Crippen molar-refractivity contribution < 1.29 is 14.3 Å². The average Bonchev–Trinajstić information content (AvgIpc) is 2.74. The highest BCUT2D eigenvalue weighted by molar-refractivity contribution is 5.95. The molecule has 4 rings (SSSR count). The lowest BCUT2D eigenvalue weighted by atomic mass is 10.0. The van der Waals surface area contributed by atoms with Gasteiger partial charge in [-0.05, 0) is 59.5 Å². The molecule has 2 aromatic carbocycles. The first-order valence-corrected chi connectivity index (χ1v) is 8.97. The van der Waals surface area contributed by atoms with Crippen LogP contribution >= 0.6 is 0 Å². The molecule has 0 aliphatic carbocycles. The van der Waals surface area contributed by atoms with Crippen LogP contribution in [0.3, 0.4) is 0 Å². The Hall–Kier alpha value is -3.34. The van der Waals surface area contributed by atoms with Gasteiger partial charge in [-0.2, -0.15) is 0 Å². The largest absolute Gasteiger partial charge is 0.485 e. The number of benzene rings is 2. The number of aryl methyl sites for hydroxylation is 1. The Labute approximate surface area is 158 Å². The SMILES string of the molecule is CCc1cc(-c2ccncc2)ccc1NC(=O)[C@H]1COc2ccccc2O1. The number of carbonyl (C=O) groups is 1. The summed E-state index contributed by atoms with van der Waals surface area (Å²) in [7, 11) is 0. The topological polar surface area (TPSA) is 60.5 Å². The number of amides is 1. The molecule has 3 aromatic rings. The van der Waals surface area contributed by atoms with E-state index in [0.29, 0.717) is 11.5 Å². The molecule has 2 heterocycles. The molecule has 1 aliphatic heterocycles. The number of nitrogens with zero attached hydrogens (tertiary/aromatic N) is 1. The molecule has 0 saturated carbocycles. The van der Waals surface area contributed by atoms with Crippen LogP contribution in [0.4, 0.5) is 5.69 Å². The molecular formula is C22H20N2O3. The number of anilines is 1. The number of fused-ring (bicyclic) bond motifs is 1. The molecule has 0 spiro atoms. The normalized spacial score (nSPS) is 15.2. The summed E-state index contributed by atoms with van der Waals surface area (Å²) in [4.78, 5) is 16.7. The molecule has 0 saturated heterocycles. The lowest BCUT2D eigenvalue weighted by Crippen LogP contribution is -2.40. The second-order valence-corrected chi connectivity index (χ2v) is 6.31. The Morgan fingerprint density at radius 3 is 2.63 bits per heavy atom. The number of ether oxygens (including phenoxy) is 2. The van der Waals surface area contributed by atoms with Gasteiger partial charge in [0.1, 0.15) is 6.61 Å². The molecule has 0 unspecified atom stereocenters. The van der Waals surface area contributed by atoms with E-state index in [1.54, 1.807) is 18.5 Å². The third kappa shape index (κ3) is 3.62. The summed E-state index contributed by atoms with van der Waals surface area (Å²) in [6.07, 6.45) is 3.67. The van der Waals surface area contributed by atoms with Crippen LogP contribution in [0, 0.1) is 0 Å². The van der Waals surface area contributed by atoms with Gasteiger partial charge in [0, 0.05) is 18.1 Å². The van der Waals surface area contributed by atoms with Crippen LogP contribution in [-0.2, 0) is 11.2 Å². The minimum absolute atomic E-state index is 0.194. The molecule has 136 valence electrons. The first-order valence-electron chi connectivity index (χ1n) is 8.97. The van der Waals surface area contributed by atoms with Gasteiger partial charge in [0.15, 0.2) is 11.5 Å². The quantitative estimate of drug-likeness (QED) is 0.761. The van der Waals surface area contributed by atoms with Crippen LogP contribution in [-0.4, -0.2) is 23.6 Å². The number of rotatable bonds is 4. The molecule has 5 nitrogen and oxygen atoms in total. The molecule has 27 heavy (non-hydrogen) atoms. The van der Waals surface area contributed by atoms with Crippen molar-refractivity contribution >= 4 is 11.6 Å². The van der Waals surface area contributed by atoms with Crippen molar-refractivity contribution in [1.82, 2.24) is 4.98 Å². The average molecular weight is 360 g/mol. The van der Waals surface area contributed by atoms with Crippen molar-refractivity contribution in [3.05, 3.63) is 72.6 Å². The summed E-state index contributed by atoms with van der Waals surface area (Å²) < 4.78 is 11.4. The molecule has 0 bridgehead atoms. The van der Waals surface area contributed by atoms with Gasteiger partial charge in [0.2, 0.25) is 6.10 Å². The van der Waals surface area contributed by atoms with Gasteiger partial charge in [0.05, 0.1) is 0 Å². The van der Waals surface area contributed by atoms with Crippen LogP contribution in [0.2, 0.25) is 0 Å². The van der Waals surface area contributed by atoms with Crippen LogP contribution < -0.4 is 14.8 Å². The van der Waals surface area contributed by atoms with Crippen LogP contribution in [0.1, 0.15) is 12.5 Å². The van der Waals surface area contributed by atoms with E-state index in [0.717, 1.165) is 28.8 Å². The van der Waals surface area contributed by atoms with Crippen molar-refractivity contribution in [1.29, 1.82) is 0 Å². The summed E-state index contributed by atoms with van der Waals surface area (Å²) in [5, 5.41) is 2.98. The van der Waals surface area contributed by atoms with Gasteiger partial charge in [0.25, 0.3) is 5.91 Å². The molecule has 5 heteroatoms. The standard InChI is InChI=1S/C22H20N2O3/c1-2-15-13-17(16-9-11-23-12-10-16)7-8-18(15)24-22(25)21-14-26-19-5-3-4-6-20(19)27-21/h3-13,21H,2,14H2,1H3,(H,24,25)/t21-/m1/s1. The second-order valence-electron chi connectivity index (χ2n) is 6.31. The number of aromatic nitrogens is 1. The van der Waals surface area contributed by atoms with E-state index in [1.807, 2.05) is 42.5 Å². The lowest BCUT2D eigenvalue weighted by Gasteiger charge is -2.26. The van der Waals surface area contributed by atoms with Crippen molar-refractivity contribution in [3.63, 3.8) is 0 Å². The van der Waals surface area contributed by atoms with Crippen molar-refractivity contribution in [2.24, 2.45) is 0 Å². The van der Waals surface area contributed by atoms with E-state index in [2.05, 4.69) is 23.3 Å². The highest BCUT2D eigenvalue weighted by Gasteiger charge is 2.27. The van der Waals surface area contributed by atoms with E-state index < -0.39 is 6.10 Å². The predicted molar refractivity (Wildman–Crippen MR) is 104 cm³/mol. The van der Waals surface area contributed by atoms with Crippen LogP contribution in [0.5, 0.6) is 11.5 Å². The van der Waals surface area contributed by atoms with E-state index in [9.17, 15) is 4.79 Å². The fraction of sp³-hybridized carbons (Fsp3) is 0.182. The number of nitrogens with one attached hydrogen (secondary N) is 1. The summed E-state index contributed by atoms with van der Waals surface area (Å²) in [6.45, 7) is 2.26. The van der Waals surface area contributed by atoms with E-state index >= 15 is 0 Å². The third-order valence-electron chi connectivity index (χ3n) is 4.56. The Bertz CT molecular complexity index is 957. The van der Waals surface area contributed by atoms with Crippen molar-refractivity contribution in [3.8, 4) is 22.6 Å². The summed E-state index contributed by atoms with van der Waals surface area (Å²) >= 11 is 0. The third-order valence-corrected chi connectivity index (χ3v) is 4.56. The van der Waals surface area contributed by atoms with E-state index in [4.69, 9.17) is 9.47 Å². The van der Waals surface area contributed by atoms with Crippen molar-refractivity contribution in [2.75, 3.05) is 11.9 Å². The Morgan fingerprint density at radius 2 is 1.85 bits per heavy atom. The number of hydrogen-bond donors (Lipinski definition) is 1. The van der Waals surface area contributed by atoms with Gasteiger partial charge in [-0.3, -0.25) is 9.78 Å². The molecule has 1 aliphatic rings. The fourth-order valence-corrected chi connectivity index (χ4v) is 3.09. The first kappa shape index (κ1) is 17.1. The van der Waals surface area contributed by atoms with Crippen LogP contribution in [0.15, 0.2) is 67.0 Å². The maximum atomic E-state index is 12.7. The highest BCUT2D eigenvalue weighted by atomic mass is 16.6. The minimum Gasteiger partial charge on any atom is -0.485 e. The first-order chi connectivity index (χ1) is 13.2. The minimum atomic E-state index is -0.676. The molecule has 1 amide bonds. The Balaban J connectivity index is 1.51. The van der Waals surface area contributed by atoms with Gasteiger partial charge >= 0.3 is 0 Å². The lowest BCUT2D eigenvalue weighted by molar-refractivity contribution is -0.125. The Kier molecular flexibility index (Phi) is 4.75. The maximum absolute atomic E-state index is 12.7. The molecule has 1 atom stereocenters. The van der Waals surface area contributed by atoms with Crippen molar-refractivity contribution in [2.45, 2.75) is 19.4 Å². The van der Waals surface area contributed by atoms with Gasteiger partial charge < -0.3 is 14.8 Å². The fourth-order valence-electron chi connectivity index (χ4n) is 3.09. The highest BCUT2D eigenvalue weighted by Crippen LogP contribution is 2.31. The zero-order valence-corrected chi connectivity index (χ0v) is 15.0. The zero-order chi connectivity index (χ0) is 18.6. The molecule has 0 radical (unpaired) electrons.